The topological polar surface area (TPSA) is 58.6 Å². The molecule has 0 aromatic heterocycles. The van der Waals surface area contributed by atoms with E-state index < -0.39 is 29.6 Å². The zero-order valence-corrected chi connectivity index (χ0v) is 14.7. The molecule has 8 heteroatoms. The highest BCUT2D eigenvalue weighted by Gasteiger charge is 2.36. The van der Waals surface area contributed by atoms with Crippen LogP contribution in [0, 0.1) is 11.6 Å². The van der Waals surface area contributed by atoms with Gasteiger partial charge in [-0.1, -0.05) is 0 Å². The zero-order valence-electron chi connectivity index (χ0n) is 13.9. The van der Waals surface area contributed by atoms with Crippen LogP contribution in [0.4, 0.5) is 14.5 Å². The molecule has 1 amide bonds. The molecule has 1 aromatic carbocycles. The third-order valence-electron chi connectivity index (χ3n) is 4.41. The van der Waals surface area contributed by atoms with Crippen molar-refractivity contribution in [2.45, 2.75) is 25.4 Å². The normalized spacial score (nSPS) is 23.5. The van der Waals surface area contributed by atoms with E-state index in [4.69, 9.17) is 4.74 Å². The van der Waals surface area contributed by atoms with Crippen LogP contribution >= 0.6 is 11.8 Å². The highest BCUT2D eigenvalue weighted by molar-refractivity contribution is 7.99. The lowest BCUT2D eigenvalue weighted by atomic mass is 9.95. The van der Waals surface area contributed by atoms with Gasteiger partial charge in [-0.05, 0) is 17.7 Å². The molecule has 25 heavy (non-hydrogen) atoms. The largest absolute Gasteiger partial charge is 0.460 e. The van der Waals surface area contributed by atoms with E-state index >= 15 is 0 Å². The number of carbonyl (C=O) groups excluding carboxylic acids is 2. The summed E-state index contributed by atoms with van der Waals surface area (Å²) >= 11 is 1.76. The second-order valence-electron chi connectivity index (χ2n) is 6.22. The monoisotopic (exact) mass is 370 g/mol. The molecule has 0 saturated carbocycles. The van der Waals surface area contributed by atoms with Gasteiger partial charge in [-0.3, -0.25) is 9.59 Å². The van der Waals surface area contributed by atoms with E-state index in [2.05, 4.69) is 5.32 Å². The second kappa shape index (κ2) is 7.59. The summed E-state index contributed by atoms with van der Waals surface area (Å²) in [6.07, 6.45) is -0.191. The fourth-order valence-electron chi connectivity index (χ4n) is 3.18. The molecule has 2 atom stereocenters. The van der Waals surface area contributed by atoms with Crippen LogP contribution in [0.5, 0.6) is 0 Å². The summed E-state index contributed by atoms with van der Waals surface area (Å²) in [4.78, 5) is 24.7. The van der Waals surface area contributed by atoms with Gasteiger partial charge in [0, 0.05) is 37.9 Å². The van der Waals surface area contributed by atoms with E-state index in [9.17, 15) is 18.4 Å². The molecule has 136 valence electrons. The molecule has 2 fully saturated rings. The van der Waals surface area contributed by atoms with Crippen LogP contribution in [-0.4, -0.2) is 49.1 Å². The second-order valence-corrected chi connectivity index (χ2v) is 7.44. The Kier molecular flexibility index (Phi) is 5.46. The van der Waals surface area contributed by atoms with Gasteiger partial charge in [-0.25, -0.2) is 8.78 Å². The lowest BCUT2D eigenvalue weighted by Crippen LogP contribution is -2.34. The number of thioether (sulfide) groups is 1. The highest BCUT2D eigenvalue weighted by Crippen LogP contribution is 2.35. The van der Waals surface area contributed by atoms with Crippen molar-refractivity contribution in [1.82, 2.24) is 5.32 Å². The first-order chi connectivity index (χ1) is 12.0. The maximum Gasteiger partial charge on any atom is 0.313 e. The first-order valence-corrected chi connectivity index (χ1v) is 9.37. The van der Waals surface area contributed by atoms with E-state index in [-0.39, 0.29) is 30.1 Å². The third-order valence-corrected chi connectivity index (χ3v) is 5.36. The molecule has 5 nitrogen and oxygen atoms in total. The Morgan fingerprint density at radius 3 is 2.56 bits per heavy atom. The summed E-state index contributed by atoms with van der Waals surface area (Å²) in [5.41, 5.74) is 0.255. The summed E-state index contributed by atoms with van der Waals surface area (Å²) < 4.78 is 34.3. The van der Waals surface area contributed by atoms with Crippen LogP contribution in [0.2, 0.25) is 0 Å². The number of nitrogens with zero attached hydrogens (tertiary/aromatic N) is 1. The number of anilines is 1. The van der Waals surface area contributed by atoms with E-state index in [1.807, 2.05) is 0 Å². The number of rotatable bonds is 4. The van der Waals surface area contributed by atoms with E-state index in [1.165, 1.54) is 19.1 Å². The van der Waals surface area contributed by atoms with Gasteiger partial charge in [0.15, 0.2) is 0 Å². The SMILES string of the molecule is CC(=O)NC[C@H]1CC(c2cc(F)c(N3CCSCC3)c(F)c2)C(=O)O1. The lowest BCUT2D eigenvalue weighted by Gasteiger charge is -2.29. The standard InChI is InChI=1S/C17H20F2N2O3S/c1-10(22)20-9-12-8-13(17(23)24-12)11-6-14(18)16(15(19)7-11)21-2-4-25-5-3-21/h6-7,12-13H,2-5,8-9H2,1H3,(H,20,22)/t12-,13?/m1/s1. The Morgan fingerprint density at radius 1 is 1.32 bits per heavy atom. The summed E-state index contributed by atoms with van der Waals surface area (Å²) in [6.45, 7) is 2.77. The first-order valence-electron chi connectivity index (χ1n) is 8.22. The molecule has 2 saturated heterocycles. The van der Waals surface area contributed by atoms with E-state index in [1.54, 1.807) is 16.7 Å². The zero-order chi connectivity index (χ0) is 18.0. The van der Waals surface area contributed by atoms with Crippen molar-refractivity contribution >= 4 is 29.3 Å². The van der Waals surface area contributed by atoms with Gasteiger partial charge < -0.3 is 15.0 Å². The smallest absolute Gasteiger partial charge is 0.313 e. The molecule has 0 radical (unpaired) electrons. The quantitative estimate of drug-likeness (QED) is 0.822. The number of amides is 1. The maximum absolute atomic E-state index is 14.5. The molecule has 1 aromatic rings. The van der Waals surface area contributed by atoms with E-state index in [0.29, 0.717) is 13.1 Å². The van der Waals surface area contributed by atoms with Crippen LogP contribution in [-0.2, 0) is 14.3 Å². The summed E-state index contributed by atoms with van der Waals surface area (Å²) in [7, 11) is 0. The fourth-order valence-corrected chi connectivity index (χ4v) is 4.09. The highest BCUT2D eigenvalue weighted by atomic mass is 32.2. The number of hydrogen-bond donors (Lipinski definition) is 1. The van der Waals surface area contributed by atoms with Crippen molar-refractivity contribution in [2.24, 2.45) is 0 Å². The van der Waals surface area contributed by atoms with Crippen molar-refractivity contribution in [3.05, 3.63) is 29.3 Å². The van der Waals surface area contributed by atoms with Gasteiger partial charge in [0.05, 0.1) is 12.5 Å². The Balaban J connectivity index is 1.76. The van der Waals surface area contributed by atoms with Gasteiger partial charge in [-0.2, -0.15) is 11.8 Å². The molecule has 1 unspecified atom stereocenters. The van der Waals surface area contributed by atoms with Crippen LogP contribution in [0.3, 0.4) is 0 Å². The first kappa shape index (κ1) is 18.0. The lowest BCUT2D eigenvalue weighted by molar-refractivity contribution is -0.142. The maximum atomic E-state index is 14.5. The Labute approximate surface area is 149 Å². The summed E-state index contributed by atoms with van der Waals surface area (Å²) in [5, 5.41) is 2.58. The Bertz CT molecular complexity index is 657. The van der Waals surface area contributed by atoms with Crippen LogP contribution in [0.25, 0.3) is 0 Å². The average molecular weight is 370 g/mol. The molecule has 2 aliphatic heterocycles. The van der Waals surface area contributed by atoms with Gasteiger partial charge in [-0.15, -0.1) is 0 Å². The summed E-state index contributed by atoms with van der Waals surface area (Å²) in [6, 6.07) is 2.46. The minimum Gasteiger partial charge on any atom is -0.460 e. The molecule has 0 aliphatic carbocycles. The van der Waals surface area contributed by atoms with Gasteiger partial charge in [0.25, 0.3) is 0 Å². The van der Waals surface area contributed by atoms with Gasteiger partial charge >= 0.3 is 5.97 Å². The number of ether oxygens (including phenoxy) is 1. The van der Waals surface area contributed by atoms with Crippen LogP contribution in [0.15, 0.2) is 12.1 Å². The number of halogens is 2. The van der Waals surface area contributed by atoms with Crippen molar-refractivity contribution in [3.8, 4) is 0 Å². The third kappa shape index (κ3) is 4.05. The average Bonchev–Trinajstić information content (AvgIpc) is 2.94. The number of cyclic esters (lactones) is 1. The Hall–Kier alpha value is -1.83. The summed E-state index contributed by atoms with van der Waals surface area (Å²) in [5.74, 6) is -1.09. The van der Waals surface area contributed by atoms with E-state index in [0.717, 1.165) is 11.5 Å². The minimum absolute atomic E-state index is 0.0230. The Morgan fingerprint density at radius 2 is 1.96 bits per heavy atom. The molecule has 3 rings (SSSR count). The van der Waals surface area contributed by atoms with Crippen LogP contribution in [0.1, 0.15) is 24.8 Å². The molecular formula is C17H20F2N2O3S. The number of esters is 1. The number of benzene rings is 1. The van der Waals surface area contributed by atoms with Crippen molar-refractivity contribution in [3.63, 3.8) is 0 Å². The van der Waals surface area contributed by atoms with Crippen molar-refractivity contribution in [2.75, 3.05) is 36.0 Å². The van der Waals surface area contributed by atoms with Crippen LogP contribution < -0.4 is 10.2 Å². The molecule has 2 heterocycles. The number of nitrogens with one attached hydrogen (secondary N) is 1. The van der Waals surface area contributed by atoms with Gasteiger partial charge in [0.2, 0.25) is 5.91 Å². The predicted molar refractivity (Wildman–Crippen MR) is 91.8 cm³/mol. The molecule has 2 aliphatic rings. The molecule has 0 bridgehead atoms. The minimum atomic E-state index is -0.714. The van der Waals surface area contributed by atoms with Crippen molar-refractivity contribution < 1.29 is 23.1 Å². The predicted octanol–water partition coefficient (Wildman–Crippen LogP) is 2.05. The molecule has 1 N–H and O–H groups in total. The number of hydrogen-bond acceptors (Lipinski definition) is 5. The van der Waals surface area contributed by atoms with Gasteiger partial charge in [0.1, 0.15) is 23.4 Å². The molecular weight excluding hydrogens is 350 g/mol. The number of carbonyl (C=O) groups is 2. The van der Waals surface area contributed by atoms with Crippen molar-refractivity contribution in [1.29, 1.82) is 0 Å². The molecule has 0 spiro atoms. The fraction of sp³-hybridized carbons (Fsp3) is 0.529.